The number of nitrogens with one attached hydrogen (secondary N) is 1. The van der Waals surface area contributed by atoms with Gasteiger partial charge in [0.05, 0.1) is 11.9 Å². The van der Waals surface area contributed by atoms with Crippen molar-refractivity contribution < 1.29 is 0 Å². The zero-order valence-corrected chi connectivity index (χ0v) is 14.2. The maximum Gasteiger partial charge on any atom is 0.0638 e. The molecule has 0 unspecified atom stereocenters. The fourth-order valence-electron chi connectivity index (χ4n) is 2.21. The van der Waals surface area contributed by atoms with E-state index in [0.717, 1.165) is 31.9 Å². The fourth-order valence-corrected chi connectivity index (χ4v) is 2.21. The van der Waals surface area contributed by atoms with E-state index in [0.29, 0.717) is 5.92 Å². The number of hydrogen-bond acceptors (Lipinski definition) is 3. The molecule has 0 aromatic carbocycles. The molecule has 2 aromatic heterocycles. The lowest BCUT2D eigenvalue weighted by Crippen LogP contribution is -2.12. The number of halogens is 1. The first-order valence-electron chi connectivity index (χ1n) is 7.33. The molecule has 1 N–H and O–H groups in total. The SMILES string of the molecule is CCn1cc(CNCc2cnn(CC(C)C)c2)c(C)n1.Cl. The Balaban J connectivity index is 0.00000220. The fraction of sp³-hybridized carbons (Fsp3) is 0.600. The van der Waals surface area contributed by atoms with Crippen LogP contribution in [0.3, 0.4) is 0 Å². The summed E-state index contributed by atoms with van der Waals surface area (Å²) in [5.74, 6) is 0.623. The lowest BCUT2D eigenvalue weighted by atomic mass is 10.2. The molecule has 21 heavy (non-hydrogen) atoms. The van der Waals surface area contributed by atoms with Crippen LogP contribution in [-0.2, 0) is 26.2 Å². The predicted molar refractivity (Wildman–Crippen MR) is 87.5 cm³/mol. The van der Waals surface area contributed by atoms with E-state index >= 15 is 0 Å². The quantitative estimate of drug-likeness (QED) is 0.855. The molecule has 0 spiro atoms. The van der Waals surface area contributed by atoms with Crippen molar-refractivity contribution in [1.29, 1.82) is 0 Å². The Labute approximate surface area is 133 Å². The smallest absolute Gasteiger partial charge is 0.0638 e. The number of rotatable bonds is 7. The van der Waals surface area contributed by atoms with E-state index in [1.165, 1.54) is 11.1 Å². The summed E-state index contributed by atoms with van der Waals surface area (Å²) in [6.45, 7) is 12.2. The topological polar surface area (TPSA) is 47.7 Å². The molecular formula is C15H26ClN5. The van der Waals surface area contributed by atoms with Crippen molar-refractivity contribution in [3.8, 4) is 0 Å². The van der Waals surface area contributed by atoms with E-state index in [1.807, 2.05) is 15.6 Å². The van der Waals surface area contributed by atoms with E-state index in [1.54, 1.807) is 0 Å². The van der Waals surface area contributed by atoms with Crippen LogP contribution in [-0.4, -0.2) is 19.6 Å². The maximum absolute atomic E-state index is 4.45. The Bertz CT molecular complexity index is 544. The standard InChI is InChI=1S/C15H25N5.ClH/c1-5-19-11-15(13(4)18-19)8-16-6-14-7-17-20(10-14)9-12(2)3;/h7,10-12,16H,5-6,8-9H2,1-4H3;1H. The lowest BCUT2D eigenvalue weighted by molar-refractivity contribution is 0.482. The third-order valence-corrected chi connectivity index (χ3v) is 3.26. The summed E-state index contributed by atoms with van der Waals surface area (Å²) < 4.78 is 4.00. The zero-order chi connectivity index (χ0) is 14.5. The zero-order valence-electron chi connectivity index (χ0n) is 13.3. The summed E-state index contributed by atoms with van der Waals surface area (Å²) >= 11 is 0. The summed E-state index contributed by atoms with van der Waals surface area (Å²) in [6, 6.07) is 0. The largest absolute Gasteiger partial charge is 0.308 e. The van der Waals surface area contributed by atoms with Crippen molar-refractivity contribution in [2.24, 2.45) is 5.92 Å². The van der Waals surface area contributed by atoms with Gasteiger partial charge in [-0.2, -0.15) is 10.2 Å². The van der Waals surface area contributed by atoms with Crippen LogP contribution in [0.1, 0.15) is 37.6 Å². The van der Waals surface area contributed by atoms with Crippen molar-refractivity contribution in [3.63, 3.8) is 0 Å². The number of aryl methyl sites for hydroxylation is 2. The van der Waals surface area contributed by atoms with Gasteiger partial charge >= 0.3 is 0 Å². The van der Waals surface area contributed by atoms with Crippen molar-refractivity contribution in [3.05, 3.63) is 35.4 Å². The van der Waals surface area contributed by atoms with E-state index in [2.05, 4.69) is 55.6 Å². The highest BCUT2D eigenvalue weighted by Gasteiger charge is 2.04. The van der Waals surface area contributed by atoms with Gasteiger partial charge in [0.1, 0.15) is 0 Å². The van der Waals surface area contributed by atoms with Gasteiger partial charge in [-0.3, -0.25) is 9.36 Å². The highest BCUT2D eigenvalue weighted by Crippen LogP contribution is 2.06. The molecule has 0 saturated heterocycles. The van der Waals surface area contributed by atoms with Crippen LogP contribution in [0, 0.1) is 12.8 Å². The average Bonchev–Trinajstić information content (AvgIpc) is 2.96. The normalized spacial score (nSPS) is 10.9. The molecule has 0 atom stereocenters. The van der Waals surface area contributed by atoms with Crippen molar-refractivity contribution in [2.75, 3.05) is 0 Å². The van der Waals surface area contributed by atoms with Gasteiger partial charge in [0.15, 0.2) is 0 Å². The van der Waals surface area contributed by atoms with Gasteiger partial charge in [-0.1, -0.05) is 13.8 Å². The molecule has 0 aliphatic carbocycles. The molecule has 0 saturated carbocycles. The van der Waals surface area contributed by atoms with Crippen molar-refractivity contribution >= 4 is 12.4 Å². The molecule has 2 aromatic rings. The van der Waals surface area contributed by atoms with Crippen LogP contribution in [0.2, 0.25) is 0 Å². The highest BCUT2D eigenvalue weighted by atomic mass is 35.5. The third-order valence-electron chi connectivity index (χ3n) is 3.26. The summed E-state index contributed by atoms with van der Waals surface area (Å²) in [5, 5.41) is 12.3. The van der Waals surface area contributed by atoms with Gasteiger partial charge in [0.2, 0.25) is 0 Å². The molecular weight excluding hydrogens is 286 g/mol. The van der Waals surface area contributed by atoms with Crippen LogP contribution in [0.4, 0.5) is 0 Å². The molecule has 0 fully saturated rings. The van der Waals surface area contributed by atoms with Gasteiger partial charge in [-0.05, 0) is 19.8 Å². The van der Waals surface area contributed by atoms with Gasteiger partial charge in [-0.15, -0.1) is 12.4 Å². The Hall–Kier alpha value is -1.33. The van der Waals surface area contributed by atoms with E-state index in [9.17, 15) is 0 Å². The summed E-state index contributed by atoms with van der Waals surface area (Å²) in [4.78, 5) is 0. The molecule has 2 heterocycles. The molecule has 0 bridgehead atoms. The van der Waals surface area contributed by atoms with Crippen LogP contribution in [0.15, 0.2) is 18.6 Å². The molecule has 5 nitrogen and oxygen atoms in total. The summed E-state index contributed by atoms with van der Waals surface area (Å²) in [5.41, 5.74) is 3.60. The predicted octanol–water partition coefficient (Wildman–Crippen LogP) is 2.78. The van der Waals surface area contributed by atoms with Crippen LogP contribution >= 0.6 is 12.4 Å². The minimum atomic E-state index is 0. The van der Waals surface area contributed by atoms with Crippen LogP contribution in [0.5, 0.6) is 0 Å². The summed E-state index contributed by atoms with van der Waals surface area (Å²) in [7, 11) is 0. The second-order valence-corrected chi connectivity index (χ2v) is 5.66. The van der Waals surface area contributed by atoms with E-state index in [4.69, 9.17) is 0 Å². The molecule has 6 heteroatoms. The first-order valence-corrected chi connectivity index (χ1v) is 7.33. The minimum Gasteiger partial charge on any atom is -0.308 e. The van der Waals surface area contributed by atoms with Gasteiger partial charge in [-0.25, -0.2) is 0 Å². The number of hydrogen-bond donors (Lipinski definition) is 1. The molecule has 0 aliphatic heterocycles. The van der Waals surface area contributed by atoms with Crippen molar-refractivity contribution in [1.82, 2.24) is 24.9 Å². The third kappa shape index (κ3) is 5.17. The van der Waals surface area contributed by atoms with Gasteiger partial charge in [0, 0.05) is 49.7 Å². The molecule has 2 rings (SSSR count). The maximum atomic E-state index is 4.45. The van der Waals surface area contributed by atoms with Crippen LogP contribution < -0.4 is 5.32 Å². The monoisotopic (exact) mass is 311 g/mol. The van der Waals surface area contributed by atoms with Gasteiger partial charge < -0.3 is 5.32 Å². The lowest BCUT2D eigenvalue weighted by Gasteiger charge is -2.04. The number of aromatic nitrogens is 4. The molecule has 0 amide bonds. The second-order valence-electron chi connectivity index (χ2n) is 5.66. The molecule has 0 radical (unpaired) electrons. The summed E-state index contributed by atoms with van der Waals surface area (Å²) in [6.07, 6.45) is 6.18. The Kier molecular flexibility index (Phi) is 6.92. The Morgan fingerprint density at radius 2 is 1.95 bits per heavy atom. The molecule has 118 valence electrons. The number of nitrogens with zero attached hydrogens (tertiary/aromatic N) is 4. The van der Waals surface area contributed by atoms with E-state index < -0.39 is 0 Å². The first kappa shape index (κ1) is 17.7. The second kappa shape index (κ2) is 8.20. The first-order chi connectivity index (χ1) is 9.58. The Morgan fingerprint density at radius 3 is 2.57 bits per heavy atom. The van der Waals surface area contributed by atoms with Gasteiger partial charge in [0.25, 0.3) is 0 Å². The Morgan fingerprint density at radius 1 is 1.19 bits per heavy atom. The minimum absolute atomic E-state index is 0. The van der Waals surface area contributed by atoms with E-state index in [-0.39, 0.29) is 12.4 Å². The molecule has 0 aliphatic rings. The highest BCUT2D eigenvalue weighted by molar-refractivity contribution is 5.85. The van der Waals surface area contributed by atoms with Crippen LogP contribution in [0.25, 0.3) is 0 Å². The average molecular weight is 312 g/mol. The van der Waals surface area contributed by atoms with Crippen molar-refractivity contribution in [2.45, 2.75) is 53.9 Å².